The number of thioether (sulfide) groups is 2. The molecule has 9 aromatic rings. The number of fused-ring (bicyclic) bond motifs is 8. The zero-order valence-electron chi connectivity index (χ0n) is 39.5. The molecule has 3 aromatic heterocycles. The van der Waals surface area contributed by atoms with Gasteiger partial charge >= 0.3 is 0 Å². The Kier molecular flexibility index (Phi) is 13.9. The van der Waals surface area contributed by atoms with Gasteiger partial charge in [-0.2, -0.15) is 0 Å². The average molecular weight is 1190 g/mol. The predicted molar refractivity (Wildman–Crippen MR) is 263 cm³/mol. The van der Waals surface area contributed by atoms with E-state index in [9.17, 15) is 17.6 Å². The smallest absolute Gasteiger partial charge is 0.200 e. The van der Waals surface area contributed by atoms with Gasteiger partial charge in [-0.15, -0.1) is 0 Å². The predicted octanol–water partition coefficient (Wildman–Crippen LogP) is 18.7. The van der Waals surface area contributed by atoms with E-state index in [2.05, 4.69) is 20.0 Å². The van der Waals surface area contributed by atoms with Crippen molar-refractivity contribution in [2.45, 2.75) is 9.79 Å². The molecule has 0 saturated carbocycles. The fourth-order valence-corrected chi connectivity index (χ4v) is 10.9. The second-order valence-electron chi connectivity index (χ2n) is 17.4. The lowest BCUT2D eigenvalue weighted by Gasteiger charge is -2.13. The zero-order chi connectivity index (χ0) is 58.7. The topological polar surface area (TPSA) is 56.3 Å². The van der Waals surface area contributed by atoms with Crippen molar-refractivity contribution in [3.8, 4) is 44.5 Å². The van der Waals surface area contributed by atoms with Crippen LogP contribution in [0.4, 0.5) is 99.2 Å². The van der Waals surface area contributed by atoms with Crippen molar-refractivity contribution in [3.05, 3.63) is 225 Å². The first-order valence-corrected chi connectivity index (χ1v) is 24.4. The first-order valence-electron chi connectivity index (χ1n) is 22.8. The molecule has 11 rings (SSSR count). The Bertz CT molecular complexity index is 4120. The maximum Gasteiger partial charge on any atom is 0.200 e. The van der Waals surface area contributed by atoms with Gasteiger partial charge in [0, 0.05) is 65.2 Å². The number of rotatable bonds is 6. The number of aliphatic imine (C=N–C) groups is 2. The molecule has 0 saturated heterocycles. The molecule has 0 unspecified atom stereocenters. The van der Waals surface area contributed by atoms with Gasteiger partial charge in [-0.25, -0.2) is 97.8 Å². The molecular weight excluding hydrogens is 1170 g/mol. The van der Waals surface area contributed by atoms with Crippen molar-refractivity contribution >= 4 is 67.1 Å². The van der Waals surface area contributed by atoms with Gasteiger partial charge in [0.05, 0.1) is 33.6 Å². The molecule has 414 valence electrons. The summed E-state index contributed by atoms with van der Waals surface area (Å²) < 4.78 is 316. The standard InChI is InChI=1S/C56H18F20N4S2/c57-35-31(36(58)44(66)51(73)43(35)65)27-19-15-25(79-55(19)81-17-7-3-1-4-8-17)29(33-39(61)47(69)53(75)48(70)40(33)62)23-14-12-22(78-23)28(32-37(59)45(67)52(74)46(68)38(32)60)20-16-26(80-56(20)82-18-9-5-2-6-10-18)30(24-13-11-21(27)77-24)34-41(63)49(71)54(76)50(72)42(34)64/h1-16,77-78H. The van der Waals surface area contributed by atoms with Gasteiger partial charge in [0.15, 0.2) is 93.1 Å². The van der Waals surface area contributed by atoms with Crippen LogP contribution in [0.25, 0.3) is 66.6 Å². The van der Waals surface area contributed by atoms with E-state index in [4.69, 9.17) is 0 Å². The van der Waals surface area contributed by atoms with E-state index in [1.807, 2.05) is 0 Å². The van der Waals surface area contributed by atoms with Crippen molar-refractivity contribution in [1.82, 2.24) is 9.97 Å². The number of H-pyrrole nitrogens is 2. The summed E-state index contributed by atoms with van der Waals surface area (Å²) in [4.78, 5) is 13.6. The van der Waals surface area contributed by atoms with Crippen molar-refractivity contribution in [1.29, 1.82) is 0 Å². The summed E-state index contributed by atoms with van der Waals surface area (Å²) in [5.41, 5.74) is -20.3. The first kappa shape index (κ1) is 55.1. The van der Waals surface area contributed by atoms with Crippen LogP contribution in [0.1, 0.15) is 11.1 Å². The number of aromatic nitrogens is 2. The molecule has 82 heavy (non-hydrogen) atoms. The molecule has 4 nitrogen and oxygen atoms in total. The molecule has 0 fully saturated rings. The van der Waals surface area contributed by atoms with Crippen LogP contribution in [-0.2, 0) is 0 Å². The van der Waals surface area contributed by atoms with Crippen LogP contribution in [0.2, 0.25) is 0 Å². The van der Waals surface area contributed by atoms with Crippen LogP contribution in [0.3, 0.4) is 0 Å². The van der Waals surface area contributed by atoms with Crippen molar-refractivity contribution < 1.29 is 87.8 Å². The van der Waals surface area contributed by atoms with Crippen molar-refractivity contribution in [2.75, 3.05) is 0 Å². The average Bonchev–Trinajstić information content (AvgIpc) is 4.01. The molecule has 5 heterocycles. The highest BCUT2D eigenvalue weighted by atomic mass is 32.2. The lowest BCUT2D eigenvalue weighted by molar-refractivity contribution is 0.381. The summed E-state index contributed by atoms with van der Waals surface area (Å²) in [6, 6.07) is 17.7. The molecule has 0 amide bonds. The minimum absolute atomic E-state index is 0.0779. The second kappa shape index (κ2) is 20.6. The molecule has 6 aromatic carbocycles. The van der Waals surface area contributed by atoms with E-state index in [0.29, 0.717) is 59.9 Å². The lowest BCUT2D eigenvalue weighted by atomic mass is 9.98. The van der Waals surface area contributed by atoms with Gasteiger partial charge in [-0.05, 0) is 60.7 Å². The fraction of sp³-hybridized carbons (Fsp3) is 0. The van der Waals surface area contributed by atoms with Crippen LogP contribution in [0.15, 0.2) is 117 Å². The summed E-state index contributed by atoms with van der Waals surface area (Å²) in [5.74, 6) is -52.9. The summed E-state index contributed by atoms with van der Waals surface area (Å²) in [6.07, 6.45) is 0. The molecule has 2 aliphatic rings. The number of benzene rings is 6. The van der Waals surface area contributed by atoms with Gasteiger partial charge in [0.25, 0.3) is 0 Å². The fourth-order valence-electron chi connectivity index (χ4n) is 9.07. The normalized spacial score (nSPS) is 12.4. The Morgan fingerprint density at radius 2 is 0.463 bits per heavy atom. The Balaban J connectivity index is 1.47. The highest BCUT2D eigenvalue weighted by molar-refractivity contribution is 8.14. The number of nitrogens with one attached hydrogen (secondary N) is 2. The molecule has 0 atom stereocenters. The van der Waals surface area contributed by atoms with Crippen molar-refractivity contribution in [3.63, 3.8) is 0 Å². The van der Waals surface area contributed by atoms with E-state index >= 15 is 70.2 Å². The van der Waals surface area contributed by atoms with Crippen molar-refractivity contribution in [2.24, 2.45) is 9.98 Å². The summed E-state index contributed by atoms with van der Waals surface area (Å²) in [7, 11) is 0. The van der Waals surface area contributed by atoms with Gasteiger partial charge in [-0.1, -0.05) is 59.9 Å². The Labute approximate surface area is 452 Å². The highest BCUT2D eigenvalue weighted by Gasteiger charge is 2.37. The van der Waals surface area contributed by atoms with Crippen LogP contribution in [0.5, 0.6) is 0 Å². The van der Waals surface area contributed by atoms with E-state index in [-0.39, 0.29) is 9.79 Å². The van der Waals surface area contributed by atoms with E-state index < -0.39 is 216 Å². The molecule has 26 heteroatoms. The minimum Gasteiger partial charge on any atom is -0.354 e. The summed E-state index contributed by atoms with van der Waals surface area (Å²) in [6.45, 7) is 0. The number of aromatic amines is 2. The highest BCUT2D eigenvalue weighted by Crippen LogP contribution is 2.50. The lowest BCUT2D eigenvalue weighted by Crippen LogP contribution is -2.06. The van der Waals surface area contributed by atoms with Crippen LogP contribution >= 0.6 is 23.5 Å². The number of nitrogens with zero attached hydrogens (tertiary/aromatic N) is 2. The van der Waals surface area contributed by atoms with Gasteiger partial charge < -0.3 is 9.97 Å². The largest absolute Gasteiger partial charge is 0.354 e. The van der Waals surface area contributed by atoms with E-state index in [0.717, 1.165) is 0 Å². The van der Waals surface area contributed by atoms with Gasteiger partial charge in [-0.3, -0.25) is 0 Å². The first-order chi connectivity index (χ1) is 39.0. The molecule has 2 aliphatic heterocycles. The van der Waals surface area contributed by atoms with E-state index in [1.54, 1.807) is 0 Å². The maximum absolute atomic E-state index is 16.6. The third-order valence-corrected chi connectivity index (χ3v) is 14.7. The Morgan fingerprint density at radius 1 is 0.244 bits per heavy atom. The summed E-state index contributed by atoms with van der Waals surface area (Å²) >= 11 is 0.885. The summed E-state index contributed by atoms with van der Waals surface area (Å²) in [5, 5.41) is -1.40. The molecule has 8 bridgehead atoms. The minimum atomic E-state index is -2.73. The Hall–Kier alpha value is -8.78. The number of halogens is 20. The van der Waals surface area contributed by atoms with E-state index in [1.165, 1.54) is 60.7 Å². The SMILES string of the molecule is Fc1c(F)c(F)c(-c2c3cc(c(-c4c(F)c(F)c(F)c(F)c4F)c4ccc([nH]4)c(-c4c(F)c(F)c(F)c(F)c4F)c4cc(c(-c5c(F)c(F)c(F)c(F)c5F)c5ccc2[nH]5)C(Sc2ccccc2)=N4)C(Sc2ccccc2)=N3)c(F)c1F. The maximum atomic E-state index is 16.6. The molecule has 2 N–H and O–H groups in total. The molecule has 0 aliphatic carbocycles. The van der Waals surface area contributed by atoms with Crippen LogP contribution in [0, 0.1) is 116 Å². The number of hydrogen-bond donors (Lipinski definition) is 2. The quantitative estimate of drug-likeness (QED) is 0.0990. The van der Waals surface area contributed by atoms with Gasteiger partial charge in [0.2, 0.25) is 23.3 Å². The van der Waals surface area contributed by atoms with Gasteiger partial charge in [0.1, 0.15) is 10.1 Å². The molecule has 0 radical (unpaired) electrons. The third kappa shape index (κ3) is 8.67. The second-order valence-corrected chi connectivity index (χ2v) is 19.5. The molecule has 0 spiro atoms. The zero-order valence-corrected chi connectivity index (χ0v) is 41.1. The number of hydrogen-bond acceptors (Lipinski definition) is 4. The monoisotopic (exact) mass is 1190 g/mol. The third-order valence-electron chi connectivity index (χ3n) is 12.7. The molecular formula is C56H18F20N4S2. The van der Waals surface area contributed by atoms with Crippen LogP contribution in [-0.4, -0.2) is 20.1 Å². The van der Waals surface area contributed by atoms with Crippen LogP contribution < -0.4 is 0 Å². The Morgan fingerprint density at radius 3 is 0.720 bits per heavy atom.